The quantitative estimate of drug-likeness (QED) is 0.704. The van der Waals surface area contributed by atoms with Crippen LogP contribution in [0.4, 0.5) is 13.6 Å². The smallest absolute Gasteiger partial charge is 0.410 e. The average molecular weight is 237 g/mol. The molecular weight excluding hydrogens is 234 g/mol. The Morgan fingerprint density at radius 2 is 2.13 bits per heavy atom. The van der Waals surface area contributed by atoms with E-state index in [9.17, 15) is 13.6 Å². The van der Waals surface area contributed by atoms with Crippen LogP contribution < -0.4 is 14.2 Å². The molecule has 1 aliphatic rings. The van der Waals surface area contributed by atoms with Gasteiger partial charge in [-0.05, 0) is 12.1 Å². The molecule has 0 radical (unpaired) electrons. The van der Waals surface area contributed by atoms with E-state index < -0.39 is 11.7 Å². The zero-order valence-corrected chi connectivity index (χ0v) is 7.75. The Hall–Kier alpha value is -1.56. The Bertz CT molecular complexity index is 421. The van der Waals surface area contributed by atoms with Gasteiger partial charge in [0.05, 0.1) is 0 Å². The summed E-state index contributed by atoms with van der Waals surface area (Å²) in [6.45, 7) is 0. The van der Waals surface area contributed by atoms with Crippen LogP contribution in [0.2, 0.25) is 0 Å². The maximum Gasteiger partial charge on any atom is 0.586 e. The summed E-state index contributed by atoms with van der Waals surface area (Å²) < 4.78 is 38.0. The third kappa shape index (κ3) is 1.94. The number of ether oxygens (including phenoxy) is 3. The molecule has 7 heteroatoms. The zero-order chi connectivity index (χ0) is 11.1. The molecule has 0 N–H and O–H groups in total. The fourth-order valence-corrected chi connectivity index (χ4v) is 1.19. The second kappa shape index (κ2) is 3.23. The van der Waals surface area contributed by atoms with Gasteiger partial charge in [0.2, 0.25) is 5.75 Å². The predicted molar refractivity (Wildman–Crippen MR) is 44.5 cm³/mol. The fraction of sp³-hybridized carbons (Fsp3) is 0.125. The first-order chi connectivity index (χ1) is 6.98. The number of benzene rings is 1. The highest BCUT2D eigenvalue weighted by Gasteiger charge is 2.45. The first kappa shape index (κ1) is 9.97. The molecule has 2 rings (SSSR count). The second-order valence-electron chi connectivity index (χ2n) is 2.59. The summed E-state index contributed by atoms with van der Waals surface area (Å²) in [7, 11) is 0. The summed E-state index contributed by atoms with van der Waals surface area (Å²) in [5.41, 5.74) is -1.15. The van der Waals surface area contributed by atoms with Crippen molar-refractivity contribution in [1.29, 1.82) is 0 Å². The van der Waals surface area contributed by atoms with Crippen LogP contribution in [-0.4, -0.2) is 11.7 Å². The lowest BCUT2D eigenvalue weighted by atomic mass is 10.3. The molecule has 1 aromatic carbocycles. The Labute approximate surface area is 87.3 Å². The molecule has 0 saturated heterocycles. The fourth-order valence-electron chi connectivity index (χ4n) is 1.11. The first-order valence-corrected chi connectivity index (χ1v) is 4.12. The number of alkyl halides is 2. The molecule has 0 saturated carbocycles. The Balaban J connectivity index is 2.37. The van der Waals surface area contributed by atoms with Crippen LogP contribution in [0, 0.1) is 0 Å². The molecule has 1 aliphatic heterocycles. The van der Waals surface area contributed by atoms with Gasteiger partial charge >= 0.3 is 11.7 Å². The predicted octanol–water partition coefficient (Wildman–Crippen LogP) is 2.75. The largest absolute Gasteiger partial charge is 0.586 e. The summed E-state index contributed by atoms with van der Waals surface area (Å²) in [4.78, 5) is 10.4. The summed E-state index contributed by atoms with van der Waals surface area (Å²) in [5, 5.41) is 0. The van der Waals surface area contributed by atoms with Gasteiger partial charge in [-0.1, -0.05) is 6.07 Å². The lowest BCUT2D eigenvalue weighted by Gasteiger charge is -2.05. The maximum absolute atomic E-state index is 12.6. The second-order valence-corrected chi connectivity index (χ2v) is 2.90. The molecule has 0 bridgehead atoms. The van der Waals surface area contributed by atoms with E-state index in [1.165, 1.54) is 18.2 Å². The topological polar surface area (TPSA) is 44.8 Å². The third-order valence-corrected chi connectivity index (χ3v) is 1.66. The highest BCUT2D eigenvalue weighted by molar-refractivity contribution is 6.61. The van der Waals surface area contributed by atoms with Crippen molar-refractivity contribution in [3.8, 4) is 17.2 Å². The molecule has 1 aromatic rings. The minimum atomic E-state index is -3.75. The number of fused-ring (bicyclic) bond motifs is 1. The van der Waals surface area contributed by atoms with E-state index in [1.807, 2.05) is 0 Å². The van der Waals surface area contributed by atoms with Gasteiger partial charge in [0.15, 0.2) is 11.5 Å². The first-order valence-electron chi connectivity index (χ1n) is 3.74. The van der Waals surface area contributed by atoms with Crippen molar-refractivity contribution >= 4 is 17.0 Å². The molecule has 0 aliphatic carbocycles. The Morgan fingerprint density at radius 3 is 2.80 bits per heavy atom. The number of hydrogen-bond donors (Lipinski definition) is 0. The summed E-state index contributed by atoms with van der Waals surface area (Å²) in [5.74, 6) is -0.781. The van der Waals surface area contributed by atoms with Gasteiger partial charge < -0.3 is 14.2 Å². The maximum atomic E-state index is 12.6. The molecule has 15 heavy (non-hydrogen) atoms. The molecular formula is C8H3ClF2O4. The Morgan fingerprint density at radius 1 is 1.40 bits per heavy atom. The van der Waals surface area contributed by atoms with E-state index in [0.29, 0.717) is 0 Å². The lowest BCUT2D eigenvalue weighted by Crippen LogP contribution is -2.26. The number of carbonyl (C=O) groups excluding carboxylic acids is 1. The number of hydrogen-bond acceptors (Lipinski definition) is 4. The van der Waals surface area contributed by atoms with Crippen LogP contribution in [0.25, 0.3) is 0 Å². The molecule has 80 valence electrons. The van der Waals surface area contributed by atoms with Crippen LogP contribution in [0.3, 0.4) is 0 Å². The molecule has 1 heterocycles. The molecule has 0 unspecified atom stereocenters. The average Bonchev–Trinajstić information content (AvgIpc) is 2.39. The molecule has 0 fully saturated rings. The van der Waals surface area contributed by atoms with Crippen molar-refractivity contribution in [3.05, 3.63) is 18.2 Å². The van der Waals surface area contributed by atoms with E-state index in [-0.39, 0.29) is 17.2 Å². The van der Waals surface area contributed by atoms with Gasteiger partial charge in [0.1, 0.15) is 0 Å². The van der Waals surface area contributed by atoms with Crippen molar-refractivity contribution in [1.82, 2.24) is 0 Å². The van der Waals surface area contributed by atoms with Crippen molar-refractivity contribution in [3.63, 3.8) is 0 Å². The molecule has 4 nitrogen and oxygen atoms in total. The van der Waals surface area contributed by atoms with E-state index in [1.54, 1.807) is 0 Å². The molecule has 0 aromatic heterocycles. The lowest BCUT2D eigenvalue weighted by molar-refractivity contribution is -0.287. The van der Waals surface area contributed by atoms with Crippen molar-refractivity contribution in [2.24, 2.45) is 0 Å². The van der Waals surface area contributed by atoms with E-state index in [4.69, 9.17) is 11.6 Å². The third-order valence-electron chi connectivity index (χ3n) is 1.58. The summed E-state index contributed by atoms with van der Waals surface area (Å²) in [6.07, 6.45) is -3.75. The zero-order valence-electron chi connectivity index (χ0n) is 7.00. The van der Waals surface area contributed by atoms with Gasteiger partial charge in [-0.3, -0.25) is 0 Å². The van der Waals surface area contributed by atoms with Crippen LogP contribution in [0.5, 0.6) is 17.2 Å². The van der Waals surface area contributed by atoms with E-state index in [0.717, 1.165) is 0 Å². The normalized spacial score (nSPS) is 16.2. The molecule has 0 amide bonds. The highest BCUT2D eigenvalue weighted by atomic mass is 35.5. The number of para-hydroxylation sites is 1. The molecule has 0 spiro atoms. The molecule has 0 atom stereocenters. The van der Waals surface area contributed by atoms with Crippen LogP contribution in [0.15, 0.2) is 18.2 Å². The van der Waals surface area contributed by atoms with Crippen molar-refractivity contribution in [2.75, 3.05) is 0 Å². The standard InChI is InChI=1S/C8H3ClF2O4/c9-7(12)13-4-2-1-3-5-6(4)15-8(10,11)14-5/h1-3H. The SMILES string of the molecule is O=C(Cl)Oc1cccc2c1OC(F)(F)O2. The summed E-state index contributed by atoms with van der Waals surface area (Å²) in [6, 6.07) is 3.87. The van der Waals surface area contributed by atoms with Crippen LogP contribution in [-0.2, 0) is 0 Å². The minimum absolute atomic E-state index is 0.213. The van der Waals surface area contributed by atoms with Gasteiger partial charge in [-0.15, -0.1) is 8.78 Å². The summed E-state index contributed by atoms with van der Waals surface area (Å²) >= 11 is 4.94. The van der Waals surface area contributed by atoms with E-state index in [2.05, 4.69) is 14.2 Å². The monoisotopic (exact) mass is 236 g/mol. The van der Waals surface area contributed by atoms with Gasteiger partial charge in [0.25, 0.3) is 0 Å². The van der Waals surface area contributed by atoms with Gasteiger partial charge in [0, 0.05) is 11.6 Å². The highest BCUT2D eigenvalue weighted by Crippen LogP contribution is 2.46. The Kier molecular flexibility index (Phi) is 2.15. The van der Waals surface area contributed by atoms with Crippen molar-refractivity contribution in [2.45, 2.75) is 6.29 Å². The number of rotatable bonds is 1. The van der Waals surface area contributed by atoms with Gasteiger partial charge in [-0.2, -0.15) is 0 Å². The number of carbonyl (C=O) groups is 1. The van der Waals surface area contributed by atoms with E-state index >= 15 is 0 Å². The van der Waals surface area contributed by atoms with Crippen molar-refractivity contribution < 1.29 is 27.8 Å². The van der Waals surface area contributed by atoms with Crippen LogP contribution in [0.1, 0.15) is 0 Å². The minimum Gasteiger partial charge on any atom is -0.410 e. The van der Waals surface area contributed by atoms with Crippen LogP contribution >= 0.6 is 11.6 Å². The number of halogens is 3. The van der Waals surface area contributed by atoms with Gasteiger partial charge in [-0.25, -0.2) is 4.79 Å².